The molecule has 0 spiro atoms. The predicted molar refractivity (Wildman–Crippen MR) is 80.3 cm³/mol. The summed E-state index contributed by atoms with van der Waals surface area (Å²) in [6.45, 7) is 3.09. The fourth-order valence-corrected chi connectivity index (χ4v) is 2.17. The van der Waals surface area contributed by atoms with E-state index in [1.807, 2.05) is 0 Å². The van der Waals surface area contributed by atoms with Crippen molar-refractivity contribution in [3.8, 4) is 0 Å². The molecule has 1 aromatic carbocycles. The van der Waals surface area contributed by atoms with Gasteiger partial charge in [-0.1, -0.05) is 50.6 Å². The van der Waals surface area contributed by atoms with Gasteiger partial charge in [0.15, 0.2) is 0 Å². The molecule has 0 aliphatic carbocycles. The lowest BCUT2D eigenvalue weighted by Gasteiger charge is -2.09. The van der Waals surface area contributed by atoms with Crippen LogP contribution in [0.2, 0.25) is 5.02 Å². The van der Waals surface area contributed by atoms with Crippen LogP contribution in [0.3, 0.4) is 0 Å². The third-order valence-electron chi connectivity index (χ3n) is 3.06. The van der Waals surface area contributed by atoms with E-state index in [0.29, 0.717) is 5.02 Å². The monoisotopic (exact) mass is 283 g/mol. The van der Waals surface area contributed by atoms with Gasteiger partial charge in [-0.05, 0) is 24.6 Å². The molecule has 0 aliphatic heterocycles. The Hall–Kier alpha value is -1.22. The first-order valence-electron chi connectivity index (χ1n) is 6.92. The topological polar surface area (TPSA) is 49.3 Å². The molecule has 1 aromatic rings. The van der Waals surface area contributed by atoms with Gasteiger partial charge in [0.25, 0.3) is 0 Å². The average molecular weight is 284 g/mol. The molecule has 1 rings (SSSR count). The highest BCUT2D eigenvalue weighted by Gasteiger charge is 2.06. The molecule has 0 amide bonds. The van der Waals surface area contributed by atoms with Crippen molar-refractivity contribution in [3.05, 3.63) is 28.8 Å². The number of carboxylic acid groups (broad SMARTS) is 1. The molecule has 0 unspecified atom stereocenters. The van der Waals surface area contributed by atoms with Crippen molar-refractivity contribution in [1.29, 1.82) is 0 Å². The van der Waals surface area contributed by atoms with Crippen LogP contribution in [0.4, 0.5) is 5.69 Å². The first-order valence-corrected chi connectivity index (χ1v) is 7.29. The normalized spacial score (nSPS) is 10.4. The van der Waals surface area contributed by atoms with Crippen molar-refractivity contribution < 1.29 is 9.90 Å². The van der Waals surface area contributed by atoms with Crippen LogP contribution in [0.15, 0.2) is 18.2 Å². The van der Waals surface area contributed by atoms with Gasteiger partial charge in [-0.3, -0.25) is 0 Å². The molecule has 0 saturated heterocycles. The molecule has 0 atom stereocenters. The van der Waals surface area contributed by atoms with Gasteiger partial charge in [-0.2, -0.15) is 0 Å². The maximum Gasteiger partial charge on any atom is 0.335 e. The summed E-state index contributed by atoms with van der Waals surface area (Å²) in [6, 6.07) is 4.77. The molecule has 3 nitrogen and oxygen atoms in total. The molecule has 0 saturated carbocycles. The summed E-state index contributed by atoms with van der Waals surface area (Å²) in [5.74, 6) is -0.954. The van der Waals surface area contributed by atoms with E-state index in [4.69, 9.17) is 16.7 Å². The summed E-state index contributed by atoms with van der Waals surface area (Å²) in [5, 5.41) is 12.5. The van der Waals surface area contributed by atoms with E-state index in [9.17, 15) is 4.79 Å². The Kier molecular flexibility index (Phi) is 7.34. The molecule has 19 heavy (non-hydrogen) atoms. The van der Waals surface area contributed by atoms with Crippen LogP contribution >= 0.6 is 11.6 Å². The molecule has 4 heteroatoms. The van der Waals surface area contributed by atoms with Crippen LogP contribution < -0.4 is 5.32 Å². The quantitative estimate of drug-likeness (QED) is 0.639. The van der Waals surface area contributed by atoms with Gasteiger partial charge < -0.3 is 10.4 Å². The molecule has 0 heterocycles. The molecule has 0 radical (unpaired) electrons. The lowest BCUT2D eigenvalue weighted by atomic mass is 10.1. The minimum absolute atomic E-state index is 0.218. The van der Waals surface area contributed by atoms with E-state index in [-0.39, 0.29) is 5.56 Å². The smallest absolute Gasteiger partial charge is 0.335 e. The Morgan fingerprint density at radius 1 is 1.21 bits per heavy atom. The number of halogens is 1. The van der Waals surface area contributed by atoms with E-state index in [2.05, 4.69) is 12.2 Å². The molecule has 106 valence electrons. The highest BCUT2D eigenvalue weighted by molar-refractivity contribution is 6.33. The van der Waals surface area contributed by atoms with Gasteiger partial charge in [0.1, 0.15) is 0 Å². The van der Waals surface area contributed by atoms with Crippen molar-refractivity contribution in [1.82, 2.24) is 0 Å². The first-order chi connectivity index (χ1) is 9.15. The number of carbonyl (C=O) groups is 1. The SMILES string of the molecule is CCCCCCCCNc1ccc(C(=O)O)cc1Cl. The van der Waals surface area contributed by atoms with Crippen LogP contribution in [0, 0.1) is 0 Å². The van der Waals surface area contributed by atoms with Crippen LogP contribution in [0.5, 0.6) is 0 Å². The molecular weight excluding hydrogens is 262 g/mol. The predicted octanol–water partition coefficient (Wildman–Crippen LogP) is 4.81. The van der Waals surface area contributed by atoms with E-state index < -0.39 is 5.97 Å². The fourth-order valence-electron chi connectivity index (χ4n) is 1.92. The van der Waals surface area contributed by atoms with Gasteiger partial charge in [-0.15, -0.1) is 0 Å². The zero-order chi connectivity index (χ0) is 14.1. The van der Waals surface area contributed by atoms with Crippen molar-refractivity contribution in [2.75, 3.05) is 11.9 Å². The molecular formula is C15H22ClNO2. The van der Waals surface area contributed by atoms with Crippen molar-refractivity contribution >= 4 is 23.3 Å². The number of rotatable bonds is 9. The number of hydrogen-bond acceptors (Lipinski definition) is 2. The van der Waals surface area contributed by atoms with E-state index in [1.165, 1.54) is 38.2 Å². The number of benzene rings is 1. The van der Waals surface area contributed by atoms with E-state index in [1.54, 1.807) is 12.1 Å². The van der Waals surface area contributed by atoms with Crippen LogP contribution in [-0.4, -0.2) is 17.6 Å². The summed E-state index contributed by atoms with van der Waals surface area (Å²) in [4.78, 5) is 10.8. The number of nitrogens with one attached hydrogen (secondary N) is 1. The highest BCUT2D eigenvalue weighted by Crippen LogP contribution is 2.23. The molecule has 0 fully saturated rings. The zero-order valence-corrected chi connectivity index (χ0v) is 12.2. The zero-order valence-electron chi connectivity index (χ0n) is 11.4. The van der Waals surface area contributed by atoms with Crippen molar-refractivity contribution in [2.24, 2.45) is 0 Å². The van der Waals surface area contributed by atoms with E-state index >= 15 is 0 Å². The van der Waals surface area contributed by atoms with Gasteiger partial charge in [0.05, 0.1) is 16.3 Å². The van der Waals surface area contributed by atoms with Crippen LogP contribution in [0.1, 0.15) is 55.8 Å². The summed E-state index contributed by atoms with van der Waals surface area (Å²) in [6.07, 6.45) is 7.50. The summed E-state index contributed by atoms with van der Waals surface area (Å²) < 4.78 is 0. The standard InChI is InChI=1S/C15H22ClNO2/c1-2-3-4-5-6-7-10-17-14-9-8-12(15(18)19)11-13(14)16/h8-9,11,17H,2-7,10H2,1H3,(H,18,19). The second kappa shape index (κ2) is 8.81. The lowest BCUT2D eigenvalue weighted by molar-refractivity contribution is 0.0697. The average Bonchev–Trinajstić information content (AvgIpc) is 2.39. The third-order valence-corrected chi connectivity index (χ3v) is 3.37. The molecule has 0 aromatic heterocycles. The Morgan fingerprint density at radius 3 is 2.53 bits per heavy atom. The fraction of sp³-hybridized carbons (Fsp3) is 0.533. The lowest BCUT2D eigenvalue weighted by Crippen LogP contribution is -2.03. The maximum atomic E-state index is 10.8. The minimum atomic E-state index is -0.954. The van der Waals surface area contributed by atoms with Gasteiger partial charge in [-0.25, -0.2) is 4.79 Å². The number of anilines is 1. The van der Waals surface area contributed by atoms with Gasteiger partial charge >= 0.3 is 5.97 Å². The minimum Gasteiger partial charge on any atom is -0.478 e. The maximum absolute atomic E-state index is 10.8. The Bertz CT molecular complexity index is 407. The summed E-state index contributed by atoms with van der Waals surface area (Å²) in [7, 11) is 0. The molecule has 0 aliphatic rings. The van der Waals surface area contributed by atoms with E-state index in [0.717, 1.165) is 18.7 Å². The van der Waals surface area contributed by atoms with Crippen molar-refractivity contribution in [3.63, 3.8) is 0 Å². The first kappa shape index (κ1) is 15.8. The number of unbranched alkanes of at least 4 members (excludes halogenated alkanes) is 5. The molecule has 2 N–H and O–H groups in total. The Labute approximate surface area is 120 Å². The molecule has 0 bridgehead atoms. The Balaban J connectivity index is 2.28. The third kappa shape index (κ3) is 5.97. The summed E-state index contributed by atoms with van der Waals surface area (Å²) >= 11 is 6.03. The van der Waals surface area contributed by atoms with Gasteiger partial charge in [0.2, 0.25) is 0 Å². The van der Waals surface area contributed by atoms with Gasteiger partial charge in [0, 0.05) is 6.54 Å². The van der Waals surface area contributed by atoms with Crippen LogP contribution in [-0.2, 0) is 0 Å². The largest absolute Gasteiger partial charge is 0.478 e. The highest BCUT2D eigenvalue weighted by atomic mass is 35.5. The number of carboxylic acids is 1. The number of hydrogen-bond donors (Lipinski definition) is 2. The second-order valence-corrected chi connectivity index (χ2v) is 5.10. The second-order valence-electron chi connectivity index (χ2n) is 4.69. The van der Waals surface area contributed by atoms with Crippen molar-refractivity contribution in [2.45, 2.75) is 45.4 Å². The number of aromatic carboxylic acids is 1. The summed E-state index contributed by atoms with van der Waals surface area (Å²) in [5.41, 5.74) is 1.02. The Morgan fingerprint density at radius 2 is 1.89 bits per heavy atom. The van der Waals surface area contributed by atoms with Crippen LogP contribution in [0.25, 0.3) is 0 Å².